The lowest BCUT2D eigenvalue weighted by Crippen LogP contribution is -2.34. The monoisotopic (exact) mass is 422 g/mol. The summed E-state index contributed by atoms with van der Waals surface area (Å²) >= 11 is 0. The summed E-state index contributed by atoms with van der Waals surface area (Å²) in [7, 11) is 0. The van der Waals surface area contributed by atoms with Gasteiger partial charge in [0.1, 0.15) is 11.5 Å². The number of carbonyl (C=O) groups is 2. The van der Waals surface area contributed by atoms with Crippen LogP contribution in [0.25, 0.3) is 16.5 Å². The number of nitrogens with one attached hydrogen (secondary N) is 4. The number of carbonyl (C=O) groups excluding carboxylic acids is 2. The molecule has 156 valence electrons. The Labute approximate surface area is 172 Å². The van der Waals surface area contributed by atoms with E-state index < -0.39 is 35.3 Å². The van der Waals surface area contributed by atoms with Crippen LogP contribution in [0.15, 0.2) is 64.6 Å². The van der Waals surface area contributed by atoms with Crippen molar-refractivity contribution < 1.29 is 14.0 Å². The van der Waals surface area contributed by atoms with Crippen molar-refractivity contribution in [2.75, 3.05) is 11.9 Å². The maximum atomic E-state index is 13.1. The van der Waals surface area contributed by atoms with Crippen LogP contribution in [0, 0.1) is 5.82 Å². The van der Waals surface area contributed by atoms with E-state index >= 15 is 0 Å². The van der Waals surface area contributed by atoms with Gasteiger partial charge in [-0.05, 0) is 36.4 Å². The number of fused-ring (bicyclic) bond motifs is 1. The van der Waals surface area contributed by atoms with E-state index in [-0.39, 0.29) is 22.2 Å². The van der Waals surface area contributed by atoms with Crippen molar-refractivity contribution in [3.05, 3.63) is 87.2 Å². The van der Waals surface area contributed by atoms with Crippen LogP contribution in [0.5, 0.6) is 0 Å². The van der Waals surface area contributed by atoms with Crippen LogP contribution in [0.2, 0.25) is 0 Å². The normalized spacial score (nSPS) is 10.7. The largest absolute Gasteiger partial charge is 0.342 e. The Kier molecular flexibility index (Phi) is 5.14. The van der Waals surface area contributed by atoms with Crippen LogP contribution >= 0.6 is 0 Å². The fraction of sp³-hybridized carbons (Fsp3) is 0.0500. The van der Waals surface area contributed by atoms with Crippen molar-refractivity contribution in [1.29, 1.82) is 0 Å². The third kappa shape index (κ3) is 3.96. The molecule has 31 heavy (non-hydrogen) atoms. The zero-order chi connectivity index (χ0) is 22.0. The van der Waals surface area contributed by atoms with Crippen LogP contribution in [-0.4, -0.2) is 38.1 Å². The molecule has 4 aromatic rings. The second kappa shape index (κ2) is 8.06. The van der Waals surface area contributed by atoms with E-state index in [9.17, 15) is 23.6 Å². The number of hydrogen-bond acceptors (Lipinski definition) is 5. The van der Waals surface area contributed by atoms with Gasteiger partial charge in [0.15, 0.2) is 0 Å². The standard InChI is InChI=1S/C20H15FN6O4/c21-11-4-6-12(7-5-11)27-10-22-8-15(27)19(30)23-9-16(28)24-14-3-1-2-13-17(14)20(31)26-25-18(13)29/h1-8,10H,9H2,(H,23,30)(H,24,28)(H,25,29)(H,26,31). The lowest BCUT2D eigenvalue weighted by atomic mass is 10.1. The van der Waals surface area contributed by atoms with Gasteiger partial charge in [-0.15, -0.1) is 0 Å². The van der Waals surface area contributed by atoms with Gasteiger partial charge in [0, 0.05) is 5.69 Å². The highest BCUT2D eigenvalue weighted by Gasteiger charge is 2.15. The molecule has 2 aromatic heterocycles. The predicted octanol–water partition coefficient (Wildman–Crippen LogP) is 0.910. The SMILES string of the molecule is O=C(CNC(=O)c1cncn1-c1ccc(F)cc1)Nc1cccc2c(=O)[nH][nH]c(=O)c12. The second-order valence-corrected chi connectivity index (χ2v) is 6.49. The van der Waals surface area contributed by atoms with Gasteiger partial charge >= 0.3 is 0 Å². The molecule has 2 heterocycles. The Balaban J connectivity index is 1.48. The molecule has 0 radical (unpaired) electrons. The molecule has 0 unspecified atom stereocenters. The molecule has 0 saturated heterocycles. The molecule has 0 spiro atoms. The summed E-state index contributed by atoms with van der Waals surface area (Å²) in [4.78, 5) is 52.7. The maximum Gasteiger partial charge on any atom is 0.272 e. The van der Waals surface area contributed by atoms with E-state index in [0.717, 1.165) is 0 Å². The van der Waals surface area contributed by atoms with E-state index in [1.165, 1.54) is 59.6 Å². The average Bonchev–Trinajstić information content (AvgIpc) is 3.25. The first-order chi connectivity index (χ1) is 14.9. The summed E-state index contributed by atoms with van der Waals surface area (Å²) < 4.78 is 14.6. The molecule has 2 amide bonds. The number of imidazole rings is 1. The lowest BCUT2D eigenvalue weighted by Gasteiger charge is -2.10. The zero-order valence-corrected chi connectivity index (χ0v) is 15.8. The summed E-state index contributed by atoms with van der Waals surface area (Å²) in [5, 5.41) is 9.54. The number of anilines is 1. The van der Waals surface area contributed by atoms with Crippen LogP contribution in [-0.2, 0) is 4.79 Å². The van der Waals surface area contributed by atoms with Gasteiger partial charge in [-0.25, -0.2) is 9.37 Å². The first-order valence-corrected chi connectivity index (χ1v) is 9.04. The Morgan fingerprint density at radius 2 is 1.77 bits per heavy atom. The number of hydrogen-bond donors (Lipinski definition) is 4. The average molecular weight is 422 g/mol. The minimum Gasteiger partial charge on any atom is -0.342 e. The van der Waals surface area contributed by atoms with E-state index in [1.807, 2.05) is 0 Å². The molecule has 0 aliphatic rings. The Bertz CT molecular complexity index is 1400. The fourth-order valence-corrected chi connectivity index (χ4v) is 3.05. The van der Waals surface area contributed by atoms with E-state index in [0.29, 0.717) is 5.69 Å². The van der Waals surface area contributed by atoms with Gasteiger partial charge in [-0.3, -0.25) is 33.9 Å². The molecule has 0 bridgehead atoms. The van der Waals surface area contributed by atoms with Gasteiger partial charge in [0.25, 0.3) is 17.0 Å². The molecule has 0 fully saturated rings. The summed E-state index contributed by atoms with van der Waals surface area (Å²) in [6.45, 7) is -0.398. The summed E-state index contributed by atoms with van der Waals surface area (Å²) in [6.07, 6.45) is 2.70. The van der Waals surface area contributed by atoms with Crippen LogP contribution in [0.1, 0.15) is 10.5 Å². The molecule has 4 rings (SSSR count). The molecule has 4 N–H and O–H groups in total. The third-order valence-corrected chi connectivity index (χ3v) is 4.49. The van der Waals surface area contributed by atoms with Crippen molar-refractivity contribution in [2.45, 2.75) is 0 Å². The van der Waals surface area contributed by atoms with Gasteiger partial charge in [-0.1, -0.05) is 6.07 Å². The number of H-pyrrole nitrogens is 2. The Hall–Kier alpha value is -4.54. The first kappa shape index (κ1) is 19.8. The molecule has 0 aliphatic carbocycles. The topological polar surface area (TPSA) is 142 Å². The molecular weight excluding hydrogens is 407 g/mol. The van der Waals surface area contributed by atoms with Crippen LogP contribution < -0.4 is 21.8 Å². The van der Waals surface area contributed by atoms with Gasteiger partial charge in [0.2, 0.25) is 5.91 Å². The summed E-state index contributed by atoms with van der Waals surface area (Å²) in [5.74, 6) is -1.60. The summed E-state index contributed by atoms with van der Waals surface area (Å²) in [6, 6.07) is 9.92. The molecule has 10 nitrogen and oxygen atoms in total. The predicted molar refractivity (Wildman–Crippen MR) is 110 cm³/mol. The van der Waals surface area contributed by atoms with Gasteiger partial charge < -0.3 is 10.6 Å². The van der Waals surface area contributed by atoms with Crippen molar-refractivity contribution >= 4 is 28.3 Å². The summed E-state index contributed by atoms with van der Waals surface area (Å²) in [5.41, 5.74) is -0.271. The highest BCUT2D eigenvalue weighted by Crippen LogP contribution is 2.16. The minimum absolute atomic E-state index is 0.0281. The van der Waals surface area contributed by atoms with E-state index in [1.54, 1.807) is 0 Å². The molecule has 0 aliphatic heterocycles. The molecule has 0 saturated carbocycles. The Morgan fingerprint density at radius 1 is 1.03 bits per heavy atom. The van der Waals surface area contributed by atoms with Gasteiger partial charge in [-0.2, -0.15) is 0 Å². The third-order valence-electron chi connectivity index (χ3n) is 4.49. The smallest absolute Gasteiger partial charge is 0.272 e. The quantitative estimate of drug-likeness (QED) is 0.378. The fourth-order valence-electron chi connectivity index (χ4n) is 3.05. The number of benzene rings is 2. The minimum atomic E-state index is -0.603. The number of aromatic amines is 2. The van der Waals surface area contributed by atoms with Crippen molar-refractivity contribution in [1.82, 2.24) is 25.1 Å². The van der Waals surface area contributed by atoms with Crippen molar-refractivity contribution in [3.8, 4) is 5.69 Å². The second-order valence-electron chi connectivity index (χ2n) is 6.49. The number of aromatic nitrogens is 4. The highest BCUT2D eigenvalue weighted by atomic mass is 19.1. The molecule has 11 heteroatoms. The van der Waals surface area contributed by atoms with Crippen molar-refractivity contribution in [2.24, 2.45) is 0 Å². The maximum absolute atomic E-state index is 13.1. The first-order valence-electron chi connectivity index (χ1n) is 9.04. The van der Waals surface area contributed by atoms with E-state index in [2.05, 4.69) is 25.8 Å². The van der Waals surface area contributed by atoms with Crippen molar-refractivity contribution in [3.63, 3.8) is 0 Å². The number of rotatable bonds is 5. The van der Waals surface area contributed by atoms with Crippen LogP contribution in [0.3, 0.4) is 0 Å². The van der Waals surface area contributed by atoms with Crippen LogP contribution in [0.4, 0.5) is 10.1 Å². The van der Waals surface area contributed by atoms with E-state index in [4.69, 9.17) is 0 Å². The zero-order valence-electron chi connectivity index (χ0n) is 15.8. The lowest BCUT2D eigenvalue weighted by molar-refractivity contribution is -0.115. The Morgan fingerprint density at radius 3 is 2.55 bits per heavy atom. The molecule has 2 aromatic carbocycles. The van der Waals surface area contributed by atoms with Gasteiger partial charge in [0.05, 0.1) is 35.5 Å². The number of nitrogens with zero attached hydrogens (tertiary/aromatic N) is 2. The molecule has 0 atom stereocenters. The highest BCUT2D eigenvalue weighted by molar-refractivity contribution is 6.03. The molecular formula is C20H15FN6O4. The number of halogens is 1. The number of amides is 2.